The Labute approximate surface area is 90.1 Å². The second-order valence-electron chi connectivity index (χ2n) is 3.00. The van der Waals surface area contributed by atoms with Gasteiger partial charge in [-0.3, -0.25) is 0 Å². The van der Waals surface area contributed by atoms with Crippen molar-refractivity contribution in [2.24, 2.45) is 0 Å². The van der Waals surface area contributed by atoms with E-state index in [1.807, 2.05) is 31.1 Å². The molecule has 0 bridgehead atoms. The molecule has 4 N–H and O–H groups in total. The smallest absolute Gasteiger partial charge is 0.430 e. The minimum atomic E-state index is -1.37. The van der Waals surface area contributed by atoms with Crippen molar-refractivity contribution in [3.05, 3.63) is 24.3 Å². The highest BCUT2D eigenvalue weighted by atomic mass is 16.4. The van der Waals surface area contributed by atoms with E-state index in [0.717, 1.165) is 5.69 Å². The maximum Gasteiger partial charge on any atom is 0.488 e. The Morgan fingerprint density at radius 3 is 1.73 bits per heavy atom. The number of hydrogen-bond acceptors (Lipinski definition) is 5. The van der Waals surface area contributed by atoms with Crippen LogP contribution in [0.2, 0.25) is 0 Å². The van der Waals surface area contributed by atoms with Crippen LogP contribution in [0, 0.1) is 0 Å². The first-order chi connectivity index (χ1) is 7.02. The normalized spacial score (nSPS) is 8.67. The largest absolute Gasteiger partial charge is 0.488 e. The third-order valence-corrected chi connectivity index (χ3v) is 1.71. The number of hydrogen-bond donors (Lipinski definition) is 4. The zero-order chi connectivity index (χ0) is 11.8. The molecule has 0 atom stereocenters. The molecule has 0 spiro atoms. The second kappa shape index (κ2) is 7.30. The van der Waals surface area contributed by atoms with Crippen molar-refractivity contribution in [3.63, 3.8) is 0 Å². The number of rotatable bonds is 2. The molecule has 5 nitrogen and oxygen atoms in total. The van der Waals surface area contributed by atoms with Crippen LogP contribution in [0.15, 0.2) is 24.3 Å². The summed E-state index contributed by atoms with van der Waals surface area (Å²) in [5.41, 5.74) is 1.56. The Morgan fingerprint density at radius 1 is 1.07 bits per heavy atom. The summed E-state index contributed by atoms with van der Waals surface area (Å²) in [7, 11) is 1.75. The molecule has 0 heterocycles. The monoisotopic (exact) mass is 211 g/mol. The molecule has 0 unspecified atom stereocenters. The maximum atomic E-state index is 8.80. The molecule has 0 aliphatic heterocycles. The van der Waals surface area contributed by atoms with E-state index in [1.165, 1.54) is 0 Å². The van der Waals surface area contributed by atoms with E-state index in [-0.39, 0.29) is 0 Å². The summed E-state index contributed by atoms with van der Waals surface area (Å²) in [6.07, 6.45) is 0. The predicted octanol–water partition coefficient (Wildman–Crippen LogP) is -2.33. The Hall–Kier alpha value is -1.01. The van der Waals surface area contributed by atoms with Gasteiger partial charge in [0.1, 0.15) is 0 Å². The molecule has 7 heteroatoms. The lowest BCUT2D eigenvalue weighted by atomic mass is 9.80. The van der Waals surface area contributed by atoms with Crippen LogP contribution in [0.4, 0.5) is 5.69 Å². The van der Waals surface area contributed by atoms with Gasteiger partial charge in [-0.15, -0.1) is 0 Å². The van der Waals surface area contributed by atoms with Gasteiger partial charge >= 0.3 is 14.8 Å². The van der Waals surface area contributed by atoms with Crippen molar-refractivity contribution < 1.29 is 20.1 Å². The average molecular weight is 211 g/mol. The highest BCUT2D eigenvalue weighted by molar-refractivity contribution is 6.58. The van der Waals surface area contributed by atoms with Gasteiger partial charge in [0.15, 0.2) is 0 Å². The van der Waals surface area contributed by atoms with Crippen molar-refractivity contribution in [1.29, 1.82) is 0 Å². The number of nitrogens with zero attached hydrogens (tertiary/aromatic N) is 1. The van der Waals surface area contributed by atoms with Gasteiger partial charge in [-0.2, -0.15) is 0 Å². The molecule has 0 saturated carbocycles. The van der Waals surface area contributed by atoms with E-state index < -0.39 is 14.8 Å². The molecule has 0 fully saturated rings. The minimum absolute atomic E-state index is 0.514. The van der Waals surface area contributed by atoms with E-state index in [1.54, 1.807) is 12.1 Å². The van der Waals surface area contributed by atoms with E-state index >= 15 is 0 Å². The van der Waals surface area contributed by atoms with E-state index in [0.29, 0.717) is 5.46 Å². The molecule has 82 valence electrons. The molecular weight excluding hydrogens is 196 g/mol. The van der Waals surface area contributed by atoms with Crippen LogP contribution < -0.4 is 10.4 Å². The first-order valence-electron chi connectivity index (χ1n) is 4.38. The van der Waals surface area contributed by atoms with Crippen LogP contribution >= 0.6 is 0 Å². The summed E-state index contributed by atoms with van der Waals surface area (Å²) in [4.78, 5) is 1.95. The summed E-state index contributed by atoms with van der Waals surface area (Å²) < 4.78 is 0. The van der Waals surface area contributed by atoms with Crippen LogP contribution in [0.1, 0.15) is 0 Å². The van der Waals surface area contributed by atoms with Gasteiger partial charge in [-0.05, 0) is 17.6 Å². The summed E-state index contributed by atoms with van der Waals surface area (Å²) in [6, 6.07) is 7.07. The number of anilines is 1. The van der Waals surface area contributed by atoms with E-state index in [4.69, 9.17) is 20.1 Å². The van der Waals surface area contributed by atoms with Crippen molar-refractivity contribution in [2.75, 3.05) is 19.0 Å². The Bertz CT molecular complexity index is 239. The molecule has 0 aliphatic rings. The lowest BCUT2D eigenvalue weighted by Crippen LogP contribution is -2.29. The van der Waals surface area contributed by atoms with Crippen LogP contribution in [-0.4, -0.2) is 49.0 Å². The zero-order valence-corrected chi connectivity index (χ0v) is 8.83. The van der Waals surface area contributed by atoms with E-state index in [2.05, 4.69) is 0 Å². The maximum absolute atomic E-state index is 8.80. The third-order valence-electron chi connectivity index (χ3n) is 1.71. The highest BCUT2D eigenvalue weighted by Crippen LogP contribution is 2.07. The van der Waals surface area contributed by atoms with Gasteiger partial charge < -0.3 is 25.0 Å². The highest BCUT2D eigenvalue weighted by Gasteiger charge is 2.09. The fourth-order valence-electron chi connectivity index (χ4n) is 0.945. The fourth-order valence-corrected chi connectivity index (χ4v) is 0.945. The van der Waals surface area contributed by atoms with Gasteiger partial charge in [0.25, 0.3) is 0 Å². The molecular formula is C8H15B2NO4. The molecule has 0 aromatic heterocycles. The minimum Gasteiger partial charge on any atom is -0.430 e. The van der Waals surface area contributed by atoms with Crippen LogP contribution in [0.25, 0.3) is 0 Å². The average Bonchev–Trinajstić information content (AvgIpc) is 2.19. The van der Waals surface area contributed by atoms with Gasteiger partial charge in [0, 0.05) is 19.8 Å². The van der Waals surface area contributed by atoms with E-state index in [9.17, 15) is 0 Å². The summed E-state index contributed by atoms with van der Waals surface area (Å²) in [5.74, 6) is 0. The topological polar surface area (TPSA) is 84.2 Å². The van der Waals surface area contributed by atoms with Crippen molar-refractivity contribution in [1.82, 2.24) is 0 Å². The van der Waals surface area contributed by atoms with Gasteiger partial charge in [0.2, 0.25) is 0 Å². The van der Waals surface area contributed by atoms with Gasteiger partial charge in [-0.1, -0.05) is 12.1 Å². The lowest BCUT2D eigenvalue weighted by molar-refractivity contribution is 0.425. The SMILES string of the molecule is CN(C)c1ccc(B(O)O)cc1.OBO. The molecule has 0 saturated heterocycles. The first-order valence-corrected chi connectivity index (χ1v) is 4.38. The fraction of sp³-hybridized carbons (Fsp3) is 0.250. The standard InChI is InChI=1S/C8H12BNO2.BH3O2/c1-10(2)8-5-3-7(4-6-8)9(11)12;2-1-3/h3-6,11-12H,1-2H3;1-3H. The van der Waals surface area contributed by atoms with Crippen molar-refractivity contribution in [2.45, 2.75) is 0 Å². The molecule has 1 rings (SSSR count). The van der Waals surface area contributed by atoms with Gasteiger partial charge in [-0.25, -0.2) is 0 Å². The predicted molar refractivity (Wildman–Crippen MR) is 62.2 cm³/mol. The zero-order valence-electron chi connectivity index (χ0n) is 8.83. The van der Waals surface area contributed by atoms with Crippen LogP contribution in [-0.2, 0) is 0 Å². The first kappa shape index (κ1) is 14.0. The molecule has 0 radical (unpaired) electrons. The summed E-state index contributed by atoms with van der Waals surface area (Å²) in [5, 5.41) is 31.8. The second-order valence-corrected chi connectivity index (χ2v) is 3.00. The molecule has 1 aromatic carbocycles. The van der Waals surface area contributed by atoms with Crippen LogP contribution in [0.3, 0.4) is 0 Å². The summed E-state index contributed by atoms with van der Waals surface area (Å²) in [6.45, 7) is 0. The van der Waals surface area contributed by atoms with Crippen LogP contribution in [0.5, 0.6) is 0 Å². The Morgan fingerprint density at radius 2 is 1.47 bits per heavy atom. The Kier molecular flexibility index (Phi) is 6.81. The summed E-state index contributed by atoms with van der Waals surface area (Å²) >= 11 is 0. The third kappa shape index (κ3) is 5.44. The van der Waals surface area contributed by atoms with Crippen molar-refractivity contribution >= 4 is 26.0 Å². The van der Waals surface area contributed by atoms with Gasteiger partial charge in [0.05, 0.1) is 0 Å². The molecule has 0 amide bonds. The Balaban J connectivity index is 0.000000583. The molecule has 15 heavy (non-hydrogen) atoms. The molecule has 0 aliphatic carbocycles. The lowest BCUT2D eigenvalue weighted by Gasteiger charge is -2.12. The van der Waals surface area contributed by atoms with Crippen molar-refractivity contribution in [3.8, 4) is 0 Å². The quantitative estimate of drug-likeness (QED) is 0.412. The number of benzene rings is 1. The molecule has 1 aromatic rings.